The van der Waals surface area contributed by atoms with Crippen molar-refractivity contribution in [3.05, 3.63) is 69.9 Å². The lowest BCUT2D eigenvalue weighted by Crippen LogP contribution is -2.35. The minimum atomic E-state index is -0.734. The number of carbonyl (C=O) groups excluding carboxylic acids is 2. The molecule has 1 saturated heterocycles. The Morgan fingerprint density at radius 1 is 1.04 bits per heavy atom. The lowest BCUT2D eigenvalue weighted by atomic mass is 10.1. The van der Waals surface area contributed by atoms with E-state index in [-0.39, 0.29) is 23.6 Å². The lowest BCUT2D eigenvalue weighted by Gasteiger charge is -2.16. The van der Waals surface area contributed by atoms with Crippen LogP contribution in [0.5, 0.6) is 0 Å². The highest BCUT2D eigenvalue weighted by atomic mass is 79.9. The minimum absolute atomic E-state index is 0.130. The first-order valence-electron chi connectivity index (χ1n) is 8.45. The monoisotopic (exact) mass is 416 g/mol. The van der Waals surface area contributed by atoms with Gasteiger partial charge in [0.25, 0.3) is 11.8 Å². The molecule has 2 aromatic carbocycles. The molecule has 2 aromatic rings. The summed E-state index contributed by atoms with van der Waals surface area (Å²) in [6.07, 6.45) is 2.11. The van der Waals surface area contributed by atoms with Crippen LogP contribution in [0.4, 0.5) is 4.39 Å². The molecule has 4 nitrogen and oxygen atoms in total. The molecular formula is C20H18BrFN2O2. The Morgan fingerprint density at radius 2 is 1.69 bits per heavy atom. The molecule has 1 aliphatic heterocycles. The zero-order valence-electron chi connectivity index (χ0n) is 14.1. The van der Waals surface area contributed by atoms with Gasteiger partial charge in [-0.15, -0.1) is 0 Å². The summed E-state index contributed by atoms with van der Waals surface area (Å²) in [4.78, 5) is 30.9. The zero-order chi connectivity index (χ0) is 18.5. The molecule has 2 amide bonds. The average Bonchev–Trinajstić information content (AvgIpc) is 3.17. The van der Waals surface area contributed by atoms with Crippen molar-refractivity contribution in [2.24, 2.45) is 4.99 Å². The van der Waals surface area contributed by atoms with Crippen molar-refractivity contribution in [1.82, 2.24) is 4.90 Å². The summed E-state index contributed by atoms with van der Waals surface area (Å²) in [5.41, 5.74) is 0.873. The van der Waals surface area contributed by atoms with E-state index in [0.29, 0.717) is 13.1 Å². The van der Waals surface area contributed by atoms with Crippen molar-refractivity contribution < 1.29 is 14.0 Å². The fraction of sp³-hybridized carbons (Fsp3) is 0.250. The molecule has 0 N–H and O–H groups in total. The molecule has 0 spiro atoms. The number of benzene rings is 2. The maximum absolute atomic E-state index is 13.9. The second kappa shape index (κ2) is 8.36. The molecule has 6 heteroatoms. The van der Waals surface area contributed by atoms with Crippen LogP contribution in [0.25, 0.3) is 0 Å². The van der Waals surface area contributed by atoms with Gasteiger partial charge in [0, 0.05) is 24.0 Å². The van der Waals surface area contributed by atoms with Crippen molar-refractivity contribution in [2.45, 2.75) is 19.3 Å². The number of amides is 2. The smallest absolute Gasteiger partial charge is 0.280 e. The fourth-order valence-corrected chi connectivity index (χ4v) is 3.14. The summed E-state index contributed by atoms with van der Waals surface area (Å²) < 4.78 is 14.8. The molecule has 1 heterocycles. The quantitative estimate of drug-likeness (QED) is 0.706. The standard InChI is InChI=1S/C20H18BrFN2O2/c21-15-9-7-14(8-10-15)13-18(20(26)24-11-3-4-12-24)23-19(25)16-5-1-2-6-17(16)22/h1-2,5-10H,3-4,11-13H2. The van der Waals surface area contributed by atoms with E-state index in [1.165, 1.54) is 18.2 Å². The molecule has 0 unspecified atom stereocenters. The number of aliphatic imine (C=N–C) groups is 1. The van der Waals surface area contributed by atoms with Crippen LogP contribution in [-0.4, -0.2) is 35.5 Å². The number of halogens is 2. The van der Waals surface area contributed by atoms with Crippen molar-refractivity contribution in [1.29, 1.82) is 0 Å². The van der Waals surface area contributed by atoms with Gasteiger partial charge in [-0.25, -0.2) is 9.38 Å². The Balaban J connectivity index is 1.90. The van der Waals surface area contributed by atoms with Gasteiger partial charge in [-0.2, -0.15) is 0 Å². The Labute approximate surface area is 159 Å². The predicted octanol–water partition coefficient (Wildman–Crippen LogP) is 4.03. The molecule has 0 bridgehead atoms. The van der Waals surface area contributed by atoms with Crippen molar-refractivity contribution >= 4 is 33.5 Å². The van der Waals surface area contributed by atoms with Gasteiger partial charge in [0.15, 0.2) is 0 Å². The molecule has 26 heavy (non-hydrogen) atoms. The number of hydrogen-bond donors (Lipinski definition) is 0. The van der Waals surface area contributed by atoms with E-state index in [4.69, 9.17) is 0 Å². The summed E-state index contributed by atoms with van der Waals surface area (Å²) in [5, 5.41) is 0. The molecule has 1 aliphatic rings. The van der Waals surface area contributed by atoms with Crippen LogP contribution in [0.3, 0.4) is 0 Å². The lowest BCUT2D eigenvalue weighted by molar-refractivity contribution is -0.123. The van der Waals surface area contributed by atoms with Gasteiger partial charge in [0.05, 0.1) is 5.56 Å². The highest BCUT2D eigenvalue weighted by molar-refractivity contribution is 9.10. The summed E-state index contributed by atoms with van der Waals surface area (Å²) in [5.74, 6) is -1.63. The topological polar surface area (TPSA) is 49.7 Å². The first-order valence-corrected chi connectivity index (χ1v) is 9.24. The van der Waals surface area contributed by atoms with E-state index < -0.39 is 11.7 Å². The van der Waals surface area contributed by atoms with Crippen molar-refractivity contribution in [3.8, 4) is 0 Å². The molecule has 0 radical (unpaired) electrons. The molecule has 0 atom stereocenters. The van der Waals surface area contributed by atoms with Crippen LogP contribution in [0.1, 0.15) is 28.8 Å². The first kappa shape index (κ1) is 18.5. The largest absolute Gasteiger partial charge is 0.338 e. The summed E-state index contributed by atoms with van der Waals surface area (Å²) in [7, 11) is 0. The van der Waals surface area contributed by atoms with Crippen LogP contribution < -0.4 is 0 Å². The summed E-state index contributed by atoms with van der Waals surface area (Å²) >= 11 is 3.37. The van der Waals surface area contributed by atoms with Gasteiger partial charge in [-0.1, -0.05) is 40.2 Å². The van der Waals surface area contributed by atoms with E-state index in [9.17, 15) is 14.0 Å². The molecule has 0 saturated carbocycles. The molecule has 0 aromatic heterocycles. The van der Waals surface area contributed by atoms with Crippen molar-refractivity contribution in [3.63, 3.8) is 0 Å². The average molecular weight is 417 g/mol. The van der Waals surface area contributed by atoms with Crippen LogP contribution >= 0.6 is 15.9 Å². The number of carbonyl (C=O) groups is 2. The Hall–Kier alpha value is -2.34. The van der Waals surface area contributed by atoms with E-state index in [1.54, 1.807) is 11.0 Å². The maximum Gasteiger partial charge on any atom is 0.280 e. The molecule has 134 valence electrons. The molecular weight excluding hydrogens is 399 g/mol. The maximum atomic E-state index is 13.9. The van der Waals surface area contributed by atoms with Crippen LogP contribution in [0.2, 0.25) is 0 Å². The summed E-state index contributed by atoms with van der Waals surface area (Å²) in [6.45, 7) is 1.32. The van der Waals surface area contributed by atoms with Gasteiger partial charge in [-0.3, -0.25) is 9.59 Å². The van der Waals surface area contributed by atoms with Crippen LogP contribution in [0, 0.1) is 5.82 Å². The highest BCUT2D eigenvalue weighted by Crippen LogP contribution is 2.15. The van der Waals surface area contributed by atoms with Gasteiger partial charge in [-0.05, 0) is 42.7 Å². The van der Waals surface area contributed by atoms with Crippen LogP contribution in [-0.2, 0) is 11.2 Å². The van der Waals surface area contributed by atoms with E-state index >= 15 is 0 Å². The third kappa shape index (κ3) is 4.43. The fourth-order valence-electron chi connectivity index (χ4n) is 2.88. The first-order chi connectivity index (χ1) is 12.5. The van der Waals surface area contributed by atoms with Gasteiger partial charge >= 0.3 is 0 Å². The second-order valence-corrected chi connectivity index (χ2v) is 7.06. The third-order valence-electron chi connectivity index (χ3n) is 4.27. The molecule has 3 rings (SSSR count). The number of likely N-dealkylation sites (tertiary alicyclic amines) is 1. The van der Waals surface area contributed by atoms with Crippen molar-refractivity contribution in [2.75, 3.05) is 13.1 Å². The number of rotatable bonds is 4. The molecule has 0 aliphatic carbocycles. The van der Waals surface area contributed by atoms with E-state index in [2.05, 4.69) is 20.9 Å². The Morgan fingerprint density at radius 3 is 2.35 bits per heavy atom. The van der Waals surface area contributed by atoms with E-state index in [1.807, 2.05) is 24.3 Å². The number of hydrogen-bond acceptors (Lipinski definition) is 2. The van der Waals surface area contributed by atoms with Gasteiger partial charge < -0.3 is 4.90 Å². The van der Waals surface area contributed by atoms with Crippen LogP contribution in [0.15, 0.2) is 58.0 Å². The van der Waals surface area contributed by atoms with Gasteiger partial charge in [0.2, 0.25) is 0 Å². The number of nitrogens with zero attached hydrogens (tertiary/aromatic N) is 2. The second-order valence-electron chi connectivity index (χ2n) is 6.15. The predicted molar refractivity (Wildman–Crippen MR) is 102 cm³/mol. The third-order valence-corrected chi connectivity index (χ3v) is 4.79. The summed E-state index contributed by atoms with van der Waals surface area (Å²) in [6, 6.07) is 13.1. The normalized spacial score (nSPS) is 14.5. The zero-order valence-corrected chi connectivity index (χ0v) is 15.7. The molecule has 1 fully saturated rings. The van der Waals surface area contributed by atoms with E-state index in [0.717, 1.165) is 22.9 Å². The SMILES string of the molecule is O=C(N=C(Cc1ccc(Br)cc1)C(=O)N1CCCC1)c1ccccc1F. The Bertz CT molecular complexity index is 843. The highest BCUT2D eigenvalue weighted by Gasteiger charge is 2.24. The Kier molecular flexibility index (Phi) is 5.93. The minimum Gasteiger partial charge on any atom is -0.338 e. The van der Waals surface area contributed by atoms with Gasteiger partial charge in [0.1, 0.15) is 11.5 Å².